The summed E-state index contributed by atoms with van der Waals surface area (Å²) in [5.41, 5.74) is -0.0651. The first kappa shape index (κ1) is 16.3. The minimum absolute atomic E-state index is 0.0277. The van der Waals surface area contributed by atoms with Crippen molar-refractivity contribution >= 4 is 27.3 Å². The third kappa shape index (κ3) is 3.59. The fourth-order valence-corrected chi connectivity index (χ4v) is 3.94. The van der Waals surface area contributed by atoms with Crippen molar-refractivity contribution in [2.75, 3.05) is 23.9 Å². The molecule has 0 radical (unpaired) electrons. The highest BCUT2D eigenvalue weighted by molar-refractivity contribution is 7.91. The van der Waals surface area contributed by atoms with Crippen molar-refractivity contribution in [2.24, 2.45) is 0 Å². The minimum atomic E-state index is -3.19. The fraction of sp³-hybridized carbons (Fsp3) is 0.385. The van der Waals surface area contributed by atoms with Crippen LogP contribution in [0.5, 0.6) is 0 Å². The summed E-state index contributed by atoms with van der Waals surface area (Å²) >= 11 is 0. The summed E-state index contributed by atoms with van der Waals surface area (Å²) in [5, 5.41) is 2.15. The molecular formula is C13H14F2N2O4S. The molecule has 1 heterocycles. The molecule has 0 bridgehead atoms. The van der Waals surface area contributed by atoms with Crippen LogP contribution in [0.25, 0.3) is 0 Å². The average Bonchev–Trinajstić information content (AvgIpc) is 2.81. The Hall–Kier alpha value is -2.03. The zero-order chi connectivity index (χ0) is 16.5. The third-order valence-electron chi connectivity index (χ3n) is 3.45. The lowest BCUT2D eigenvalue weighted by Crippen LogP contribution is -2.43. The molecule has 1 saturated heterocycles. The van der Waals surface area contributed by atoms with Gasteiger partial charge < -0.3 is 10.2 Å². The number of carbonyl (C=O) groups is 2. The van der Waals surface area contributed by atoms with Gasteiger partial charge in [-0.05, 0) is 18.6 Å². The van der Waals surface area contributed by atoms with Gasteiger partial charge in [-0.2, -0.15) is 0 Å². The maximum absolute atomic E-state index is 13.0. The predicted molar refractivity (Wildman–Crippen MR) is 74.8 cm³/mol. The Labute approximate surface area is 126 Å². The number of carbonyl (C=O) groups excluding carboxylic acids is 2. The van der Waals surface area contributed by atoms with Crippen LogP contribution in [-0.4, -0.2) is 49.7 Å². The number of benzene rings is 1. The molecule has 1 unspecified atom stereocenters. The second kappa shape index (κ2) is 5.99. The molecule has 2 amide bonds. The molecule has 120 valence electrons. The van der Waals surface area contributed by atoms with Gasteiger partial charge >= 0.3 is 11.8 Å². The van der Waals surface area contributed by atoms with Gasteiger partial charge in [0.1, 0.15) is 0 Å². The van der Waals surface area contributed by atoms with E-state index in [4.69, 9.17) is 0 Å². The molecule has 22 heavy (non-hydrogen) atoms. The highest BCUT2D eigenvalue weighted by atomic mass is 32.2. The smallest absolute Gasteiger partial charge is 0.313 e. The van der Waals surface area contributed by atoms with Crippen LogP contribution in [0, 0.1) is 11.6 Å². The second-order valence-electron chi connectivity index (χ2n) is 5.06. The summed E-state index contributed by atoms with van der Waals surface area (Å²) in [4.78, 5) is 24.8. The lowest BCUT2D eigenvalue weighted by Gasteiger charge is -2.22. The standard InChI is InChI=1S/C13H14F2N2O4S/c1-17(9-4-5-22(20,21)7-9)13(19)12(18)16-8-2-3-10(14)11(15)6-8/h2-3,6,9H,4-5,7H2,1H3,(H,16,18). The van der Waals surface area contributed by atoms with Crippen molar-refractivity contribution in [2.45, 2.75) is 12.5 Å². The van der Waals surface area contributed by atoms with E-state index in [9.17, 15) is 26.8 Å². The number of halogens is 2. The van der Waals surface area contributed by atoms with Gasteiger partial charge in [0.25, 0.3) is 0 Å². The summed E-state index contributed by atoms with van der Waals surface area (Å²) in [7, 11) is -1.85. The zero-order valence-electron chi connectivity index (χ0n) is 11.7. The number of rotatable bonds is 2. The second-order valence-corrected chi connectivity index (χ2v) is 7.28. The Morgan fingerprint density at radius 1 is 1.27 bits per heavy atom. The van der Waals surface area contributed by atoms with Crippen molar-refractivity contribution in [3.63, 3.8) is 0 Å². The summed E-state index contributed by atoms with van der Waals surface area (Å²) in [6.45, 7) is 0. The van der Waals surface area contributed by atoms with Crippen LogP contribution >= 0.6 is 0 Å². The Bertz CT molecular complexity index is 721. The number of sulfone groups is 1. The van der Waals surface area contributed by atoms with Crippen molar-refractivity contribution in [1.29, 1.82) is 0 Å². The van der Waals surface area contributed by atoms with Gasteiger partial charge in [0.05, 0.1) is 11.5 Å². The highest BCUT2D eigenvalue weighted by Gasteiger charge is 2.34. The lowest BCUT2D eigenvalue weighted by atomic mass is 10.2. The van der Waals surface area contributed by atoms with Crippen molar-refractivity contribution < 1.29 is 26.8 Å². The SMILES string of the molecule is CN(C(=O)C(=O)Nc1ccc(F)c(F)c1)C1CCS(=O)(=O)C1. The van der Waals surface area contributed by atoms with Gasteiger partial charge in [-0.25, -0.2) is 17.2 Å². The van der Waals surface area contributed by atoms with Gasteiger partial charge in [-0.3, -0.25) is 9.59 Å². The lowest BCUT2D eigenvalue weighted by molar-refractivity contribution is -0.143. The van der Waals surface area contributed by atoms with E-state index >= 15 is 0 Å². The van der Waals surface area contributed by atoms with Gasteiger partial charge in [0, 0.05) is 24.8 Å². The summed E-state index contributed by atoms with van der Waals surface area (Å²) in [6.07, 6.45) is 0.267. The topological polar surface area (TPSA) is 83.6 Å². The third-order valence-corrected chi connectivity index (χ3v) is 5.20. The van der Waals surface area contributed by atoms with Crippen LogP contribution in [0.2, 0.25) is 0 Å². The molecular weight excluding hydrogens is 318 g/mol. The normalized spacial score (nSPS) is 19.7. The van der Waals surface area contributed by atoms with Crippen LogP contribution < -0.4 is 5.32 Å². The van der Waals surface area contributed by atoms with Crippen LogP contribution in [0.3, 0.4) is 0 Å². The van der Waals surface area contributed by atoms with Crippen LogP contribution in [0.15, 0.2) is 18.2 Å². The van der Waals surface area contributed by atoms with Crippen molar-refractivity contribution in [1.82, 2.24) is 4.90 Å². The molecule has 1 fully saturated rings. The molecule has 0 saturated carbocycles. The van der Waals surface area contributed by atoms with E-state index in [1.54, 1.807) is 0 Å². The Balaban J connectivity index is 2.02. The summed E-state index contributed by atoms with van der Waals surface area (Å²) < 4.78 is 48.6. The van der Waals surface area contributed by atoms with E-state index in [0.29, 0.717) is 0 Å². The molecule has 1 N–H and O–H groups in total. The van der Waals surface area contributed by atoms with Crippen molar-refractivity contribution in [3.8, 4) is 0 Å². The number of likely N-dealkylation sites (N-methyl/N-ethyl adjacent to an activating group) is 1. The first-order valence-corrected chi connectivity index (χ1v) is 8.25. The van der Waals surface area contributed by atoms with Crippen LogP contribution in [0.4, 0.5) is 14.5 Å². The average molecular weight is 332 g/mol. The number of hydrogen-bond acceptors (Lipinski definition) is 4. The molecule has 2 rings (SSSR count). The van der Waals surface area contributed by atoms with Gasteiger partial charge in [-0.15, -0.1) is 0 Å². The Kier molecular flexibility index (Phi) is 4.45. The number of anilines is 1. The molecule has 1 aliphatic heterocycles. The van der Waals surface area contributed by atoms with E-state index in [1.807, 2.05) is 0 Å². The first-order chi connectivity index (χ1) is 10.2. The molecule has 1 aromatic carbocycles. The zero-order valence-corrected chi connectivity index (χ0v) is 12.5. The van der Waals surface area contributed by atoms with Gasteiger partial charge in [-0.1, -0.05) is 0 Å². The van der Waals surface area contributed by atoms with E-state index in [2.05, 4.69) is 5.32 Å². The first-order valence-electron chi connectivity index (χ1n) is 6.43. The van der Waals surface area contributed by atoms with E-state index in [-0.39, 0.29) is 23.6 Å². The highest BCUT2D eigenvalue weighted by Crippen LogP contribution is 2.17. The van der Waals surface area contributed by atoms with E-state index in [1.165, 1.54) is 7.05 Å². The van der Waals surface area contributed by atoms with Crippen molar-refractivity contribution in [3.05, 3.63) is 29.8 Å². The molecule has 0 aromatic heterocycles. The molecule has 1 atom stereocenters. The molecule has 0 aliphatic carbocycles. The number of nitrogens with one attached hydrogen (secondary N) is 1. The van der Waals surface area contributed by atoms with E-state index < -0.39 is 39.3 Å². The van der Waals surface area contributed by atoms with Crippen LogP contribution in [-0.2, 0) is 19.4 Å². The fourth-order valence-electron chi connectivity index (χ4n) is 2.17. The monoisotopic (exact) mass is 332 g/mol. The molecule has 9 heteroatoms. The predicted octanol–water partition coefficient (Wildman–Crippen LogP) is 0.549. The molecule has 1 aromatic rings. The van der Waals surface area contributed by atoms with Crippen LogP contribution in [0.1, 0.15) is 6.42 Å². The summed E-state index contributed by atoms with van der Waals surface area (Å²) in [5.74, 6) is -4.42. The number of amides is 2. The molecule has 0 spiro atoms. The van der Waals surface area contributed by atoms with E-state index in [0.717, 1.165) is 23.1 Å². The Morgan fingerprint density at radius 3 is 2.50 bits per heavy atom. The molecule has 6 nitrogen and oxygen atoms in total. The molecule has 1 aliphatic rings. The summed E-state index contributed by atoms with van der Waals surface area (Å²) in [6, 6.07) is 2.13. The van der Waals surface area contributed by atoms with Gasteiger partial charge in [0.15, 0.2) is 21.5 Å². The maximum atomic E-state index is 13.0. The quantitative estimate of drug-likeness (QED) is 0.802. The maximum Gasteiger partial charge on any atom is 0.313 e. The van der Waals surface area contributed by atoms with Gasteiger partial charge in [0.2, 0.25) is 0 Å². The largest absolute Gasteiger partial charge is 0.333 e. The number of nitrogens with zero attached hydrogens (tertiary/aromatic N) is 1. The minimum Gasteiger partial charge on any atom is -0.333 e. The number of hydrogen-bond donors (Lipinski definition) is 1. The Morgan fingerprint density at radius 2 is 1.95 bits per heavy atom.